The first-order valence-corrected chi connectivity index (χ1v) is 7.96. The van der Waals surface area contributed by atoms with E-state index in [4.69, 9.17) is 16.0 Å². The number of nitrogens with zero attached hydrogens (tertiary/aromatic N) is 2. The standard InChI is InChI=1S/C17H17ClN2O4/c1-9-15(24-10(2)19-9)16(21)20-7-13(14(8-20)17(22)23)11-3-5-12(18)6-4-11/h3-6,13-14H,7-8H2,1-2H3,(H,22,23)/t13-,14+/m0/s1. The quantitative estimate of drug-likeness (QED) is 0.922. The number of aryl methyl sites for hydroxylation is 2. The topological polar surface area (TPSA) is 83.6 Å². The highest BCUT2D eigenvalue weighted by Gasteiger charge is 2.41. The Balaban J connectivity index is 1.87. The first-order chi connectivity index (χ1) is 11.4. The van der Waals surface area contributed by atoms with E-state index in [1.54, 1.807) is 38.1 Å². The van der Waals surface area contributed by atoms with Crippen LogP contribution in [0.4, 0.5) is 0 Å². The SMILES string of the molecule is Cc1nc(C)c(C(=O)N2C[C@@H](C(=O)O)[C@H](c3ccc(Cl)cc3)C2)o1. The second-order valence-corrected chi connectivity index (χ2v) is 6.40. The average molecular weight is 349 g/mol. The fourth-order valence-electron chi connectivity index (χ4n) is 3.14. The maximum absolute atomic E-state index is 12.7. The van der Waals surface area contributed by atoms with Crippen molar-refractivity contribution in [1.29, 1.82) is 0 Å². The van der Waals surface area contributed by atoms with E-state index >= 15 is 0 Å². The molecular formula is C17H17ClN2O4. The van der Waals surface area contributed by atoms with Crippen LogP contribution in [0.2, 0.25) is 5.02 Å². The lowest BCUT2D eigenvalue weighted by molar-refractivity contribution is -0.141. The summed E-state index contributed by atoms with van der Waals surface area (Å²) in [5.41, 5.74) is 1.37. The number of hydrogen-bond donors (Lipinski definition) is 1. The van der Waals surface area contributed by atoms with Crippen molar-refractivity contribution in [2.45, 2.75) is 19.8 Å². The summed E-state index contributed by atoms with van der Waals surface area (Å²) >= 11 is 5.90. The van der Waals surface area contributed by atoms with Crippen LogP contribution in [0.15, 0.2) is 28.7 Å². The van der Waals surface area contributed by atoms with E-state index in [9.17, 15) is 14.7 Å². The molecular weight excluding hydrogens is 332 g/mol. The molecule has 2 aromatic rings. The van der Waals surface area contributed by atoms with Crippen LogP contribution in [-0.4, -0.2) is 40.0 Å². The van der Waals surface area contributed by atoms with Gasteiger partial charge in [-0.15, -0.1) is 0 Å². The molecule has 1 aromatic heterocycles. The van der Waals surface area contributed by atoms with Crippen molar-refractivity contribution >= 4 is 23.5 Å². The molecule has 1 aromatic carbocycles. The van der Waals surface area contributed by atoms with Crippen molar-refractivity contribution in [3.05, 3.63) is 52.2 Å². The third-order valence-corrected chi connectivity index (χ3v) is 4.57. The Bertz CT molecular complexity index is 784. The molecule has 0 spiro atoms. The van der Waals surface area contributed by atoms with Crippen molar-refractivity contribution in [2.24, 2.45) is 5.92 Å². The van der Waals surface area contributed by atoms with Crippen LogP contribution in [0.5, 0.6) is 0 Å². The zero-order valence-corrected chi connectivity index (χ0v) is 14.1. The van der Waals surface area contributed by atoms with Crippen molar-refractivity contribution in [2.75, 3.05) is 13.1 Å². The fourth-order valence-corrected chi connectivity index (χ4v) is 3.27. The van der Waals surface area contributed by atoms with Gasteiger partial charge in [0.25, 0.3) is 5.91 Å². The van der Waals surface area contributed by atoms with Crippen LogP contribution in [0.1, 0.15) is 33.6 Å². The lowest BCUT2D eigenvalue weighted by atomic mass is 9.89. The van der Waals surface area contributed by atoms with Crippen molar-refractivity contribution in [3.8, 4) is 0 Å². The van der Waals surface area contributed by atoms with E-state index in [-0.39, 0.29) is 24.1 Å². The number of carbonyl (C=O) groups is 2. The van der Waals surface area contributed by atoms with E-state index in [1.807, 2.05) is 0 Å². The van der Waals surface area contributed by atoms with E-state index in [0.29, 0.717) is 23.2 Å². The highest BCUT2D eigenvalue weighted by Crippen LogP contribution is 2.34. The third kappa shape index (κ3) is 3.01. The summed E-state index contributed by atoms with van der Waals surface area (Å²) in [4.78, 5) is 29.9. The number of rotatable bonds is 3. The predicted octanol–water partition coefficient (Wildman–Crippen LogP) is 2.89. The van der Waals surface area contributed by atoms with Crippen LogP contribution in [-0.2, 0) is 4.79 Å². The van der Waals surface area contributed by atoms with Gasteiger partial charge in [0.2, 0.25) is 5.76 Å². The second-order valence-electron chi connectivity index (χ2n) is 5.96. The summed E-state index contributed by atoms with van der Waals surface area (Å²) in [6.07, 6.45) is 0. The van der Waals surface area contributed by atoms with Gasteiger partial charge in [-0.3, -0.25) is 9.59 Å². The lowest BCUT2D eigenvalue weighted by Gasteiger charge is -2.15. The van der Waals surface area contributed by atoms with E-state index < -0.39 is 11.9 Å². The molecule has 0 radical (unpaired) electrons. The molecule has 1 N–H and O–H groups in total. The molecule has 1 aliphatic heterocycles. The molecule has 7 heteroatoms. The molecule has 1 amide bonds. The number of benzene rings is 1. The highest BCUT2D eigenvalue weighted by atomic mass is 35.5. The Hall–Kier alpha value is -2.34. The number of carboxylic acids is 1. The third-order valence-electron chi connectivity index (χ3n) is 4.32. The number of aliphatic carboxylic acids is 1. The first-order valence-electron chi connectivity index (χ1n) is 7.58. The number of likely N-dealkylation sites (tertiary alicyclic amines) is 1. The molecule has 2 heterocycles. The Morgan fingerprint density at radius 3 is 2.46 bits per heavy atom. The Labute approximate surface area is 144 Å². The van der Waals surface area contributed by atoms with Crippen LogP contribution < -0.4 is 0 Å². The van der Waals surface area contributed by atoms with E-state index in [2.05, 4.69) is 4.98 Å². The first kappa shape index (κ1) is 16.5. The minimum atomic E-state index is -0.921. The maximum Gasteiger partial charge on any atom is 0.308 e. The van der Waals surface area contributed by atoms with Gasteiger partial charge in [-0.05, 0) is 24.6 Å². The minimum Gasteiger partial charge on any atom is -0.481 e. The molecule has 0 aliphatic carbocycles. The van der Waals surface area contributed by atoms with Gasteiger partial charge in [-0.25, -0.2) is 4.98 Å². The van der Waals surface area contributed by atoms with Gasteiger partial charge >= 0.3 is 5.97 Å². The Morgan fingerprint density at radius 2 is 1.92 bits per heavy atom. The second kappa shape index (κ2) is 6.28. The zero-order chi connectivity index (χ0) is 17.4. The molecule has 6 nitrogen and oxygen atoms in total. The number of halogens is 1. The number of amides is 1. The van der Waals surface area contributed by atoms with Gasteiger partial charge in [0, 0.05) is 31.0 Å². The monoisotopic (exact) mass is 348 g/mol. The fraction of sp³-hybridized carbons (Fsp3) is 0.353. The van der Waals surface area contributed by atoms with Gasteiger partial charge in [0.15, 0.2) is 5.89 Å². The number of hydrogen-bond acceptors (Lipinski definition) is 4. The number of carboxylic acid groups (broad SMARTS) is 1. The number of carbonyl (C=O) groups excluding carboxylic acids is 1. The van der Waals surface area contributed by atoms with E-state index in [1.165, 1.54) is 4.90 Å². The molecule has 3 rings (SSSR count). The number of aromatic nitrogens is 1. The number of oxazole rings is 1. The van der Waals surface area contributed by atoms with E-state index in [0.717, 1.165) is 5.56 Å². The lowest BCUT2D eigenvalue weighted by Crippen LogP contribution is -2.30. The molecule has 0 saturated carbocycles. The summed E-state index contributed by atoms with van der Waals surface area (Å²) in [6.45, 7) is 3.83. The Kier molecular flexibility index (Phi) is 4.32. The molecule has 126 valence electrons. The summed E-state index contributed by atoms with van der Waals surface area (Å²) in [6, 6.07) is 7.07. The Morgan fingerprint density at radius 1 is 1.25 bits per heavy atom. The van der Waals surface area contributed by atoms with Gasteiger partial charge in [0.1, 0.15) is 0 Å². The summed E-state index contributed by atoms with van der Waals surface area (Å²) in [5.74, 6) is -1.61. The summed E-state index contributed by atoms with van der Waals surface area (Å²) in [5, 5.41) is 10.1. The van der Waals surface area contributed by atoms with Crippen LogP contribution in [0, 0.1) is 19.8 Å². The van der Waals surface area contributed by atoms with Gasteiger partial charge in [-0.2, -0.15) is 0 Å². The zero-order valence-electron chi connectivity index (χ0n) is 13.3. The van der Waals surface area contributed by atoms with Gasteiger partial charge < -0.3 is 14.4 Å². The molecule has 1 aliphatic rings. The van der Waals surface area contributed by atoms with Gasteiger partial charge in [-0.1, -0.05) is 23.7 Å². The predicted molar refractivity (Wildman–Crippen MR) is 87.2 cm³/mol. The molecule has 2 atom stereocenters. The average Bonchev–Trinajstić information content (AvgIpc) is 3.11. The van der Waals surface area contributed by atoms with Crippen LogP contribution >= 0.6 is 11.6 Å². The molecule has 0 unspecified atom stereocenters. The largest absolute Gasteiger partial charge is 0.481 e. The van der Waals surface area contributed by atoms with Crippen molar-refractivity contribution in [3.63, 3.8) is 0 Å². The molecule has 24 heavy (non-hydrogen) atoms. The van der Waals surface area contributed by atoms with Crippen molar-refractivity contribution in [1.82, 2.24) is 9.88 Å². The van der Waals surface area contributed by atoms with Crippen LogP contribution in [0.3, 0.4) is 0 Å². The highest BCUT2D eigenvalue weighted by molar-refractivity contribution is 6.30. The van der Waals surface area contributed by atoms with Gasteiger partial charge in [0.05, 0.1) is 11.6 Å². The summed E-state index contributed by atoms with van der Waals surface area (Å²) < 4.78 is 5.37. The summed E-state index contributed by atoms with van der Waals surface area (Å²) in [7, 11) is 0. The molecule has 1 fully saturated rings. The molecule has 1 saturated heterocycles. The maximum atomic E-state index is 12.7. The molecule has 0 bridgehead atoms. The minimum absolute atomic E-state index is 0.140. The van der Waals surface area contributed by atoms with Crippen molar-refractivity contribution < 1.29 is 19.1 Å². The van der Waals surface area contributed by atoms with Crippen LogP contribution in [0.25, 0.3) is 0 Å². The smallest absolute Gasteiger partial charge is 0.308 e. The normalized spacial score (nSPS) is 20.4.